The molecule has 5 heteroatoms. The van der Waals surface area contributed by atoms with E-state index in [0.717, 1.165) is 44.1 Å². The molecule has 138 valence electrons. The average Bonchev–Trinajstić information content (AvgIpc) is 2.63. The lowest BCUT2D eigenvalue weighted by Crippen LogP contribution is -2.42. The zero-order valence-electron chi connectivity index (χ0n) is 16.2. The summed E-state index contributed by atoms with van der Waals surface area (Å²) in [6.07, 6.45) is 2.30. The van der Waals surface area contributed by atoms with Crippen LogP contribution in [0.15, 0.2) is 29.3 Å². The van der Waals surface area contributed by atoms with E-state index >= 15 is 0 Å². The highest BCUT2D eigenvalue weighted by molar-refractivity contribution is 5.80. The van der Waals surface area contributed by atoms with E-state index in [1.54, 1.807) is 0 Å². The summed E-state index contributed by atoms with van der Waals surface area (Å²) in [6.45, 7) is 13.5. The third-order valence-electron chi connectivity index (χ3n) is 4.21. The number of nitrogens with one attached hydrogen (secondary N) is 2. The largest absolute Gasteiger partial charge is 0.357 e. The second-order valence-electron chi connectivity index (χ2n) is 6.22. The normalized spacial score (nSPS) is 12.7. The summed E-state index contributed by atoms with van der Waals surface area (Å²) in [5, 5.41) is 15.8. The quantitative estimate of drug-likeness (QED) is 0.506. The van der Waals surface area contributed by atoms with Crippen molar-refractivity contribution in [3.8, 4) is 6.07 Å². The van der Waals surface area contributed by atoms with E-state index in [1.807, 2.05) is 24.3 Å². The molecule has 0 amide bonds. The van der Waals surface area contributed by atoms with Crippen LogP contribution in [0.4, 0.5) is 0 Å². The summed E-state index contributed by atoms with van der Waals surface area (Å²) in [6, 6.07) is 10.2. The Hall–Kier alpha value is -2.06. The molecule has 0 aliphatic heterocycles. The van der Waals surface area contributed by atoms with Gasteiger partial charge < -0.3 is 15.5 Å². The second kappa shape index (κ2) is 12.3. The van der Waals surface area contributed by atoms with Crippen molar-refractivity contribution in [3.05, 3.63) is 35.4 Å². The zero-order valence-corrected chi connectivity index (χ0v) is 16.2. The maximum absolute atomic E-state index is 8.99. The van der Waals surface area contributed by atoms with E-state index in [0.29, 0.717) is 18.2 Å². The molecule has 0 aliphatic carbocycles. The van der Waals surface area contributed by atoms with E-state index < -0.39 is 0 Å². The van der Waals surface area contributed by atoms with Crippen LogP contribution in [-0.2, 0) is 6.54 Å². The first-order valence-electron chi connectivity index (χ1n) is 9.39. The molecule has 2 N–H and O–H groups in total. The van der Waals surface area contributed by atoms with Gasteiger partial charge in [-0.2, -0.15) is 5.26 Å². The lowest BCUT2D eigenvalue weighted by atomic mass is 10.1. The molecule has 5 nitrogen and oxygen atoms in total. The van der Waals surface area contributed by atoms with Crippen molar-refractivity contribution < 1.29 is 0 Å². The maximum atomic E-state index is 8.99. The number of nitriles is 1. The minimum absolute atomic E-state index is 0.374. The first kappa shape index (κ1) is 21.0. The monoisotopic (exact) mass is 343 g/mol. The van der Waals surface area contributed by atoms with Crippen LogP contribution in [0.5, 0.6) is 0 Å². The molecule has 0 aromatic heterocycles. The van der Waals surface area contributed by atoms with E-state index in [-0.39, 0.29) is 0 Å². The molecule has 0 spiro atoms. The Morgan fingerprint density at radius 2 is 2.04 bits per heavy atom. The van der Waals surface area contributed by atoms with Gasteiger partial charge in [-0.25, -0.2) is 4.99 Å². The molecule has 0 saturated heterocycles. The molecule has 25 heavy (non-hydrogen) atoms. The molecule has 1 atom stereocenters. The Morgan fingerprint density at radius 3 is 2.68 bits per heavy atom. The number of guanidine groups is 1. The summed E-state index contributed by atoms with van der Waals surface area (Å²) in [5.74, 6) is 0.834. The highest BCUT2D eigenvalue weighted by atomic mass is 15.2. The third-order valence-corrected chi connectivity index (χ3v) is 4.21. The molecule has 1 unspecified atom stereocenters. The topological polar surface area (TPSA) is 63.5 Å². The van der Waals surface area contributed by atoms with E-state index in [1.165, 1.54) is 6.42 Å². The van der Waals surface area contributed by atoms with Crippen molar-refractivity contribution in [2.24, 2.45) is 4.99 Å². The van der Waals surface area contributed by atoms with Gasteiger partial charge in [-0.15, -0.1) is 0 Å². The first-order valence-corrected chi connectivity index (χ1v) is 9.39. The van der Waals surface area contributed by atoms with Gasteiger partial charge in [-0.1, -0.05) is 26.0 Å². The SMILES string of the molecule is CCNC(=NCc1cccc(C#N)c1)NC(C)CCCN(CC)CC. The highest BCUT2D eigenvalue weighted by Gasteiger charge is 2.06. The number of nitrogens with zero attached hydrogens (tertiary/aromatic N) is 3. The summed E-state index contributed by atoms with van der Waals surface area (Å²) >= 11 is 0. The van der Waals surface area contributed by atoms with Crippen LogP contribution < -0.4 is 10.6 Å². The van der Waals surface area contributed by atoms with Crippen molar-refractivity contribution >= 4 is 5.96 Å². The number of aliphatic imine (C=N–C) groups is 1. The van der Waals surface area contributed by atoms with E-state index in [9.17, 15) is 0 Å². The van der Waals surface area contributed by atoms with Gasteiger partial charge >= 0.3 is 0 Å². The summed E-state index contributed by atoms with van der Waals surface area (Å²) in [4.78, 5) is 7.10. The van der Waals surface area contributed by atoms with Crippen LogP contribution in [0.25, 0.3) is 0 Å². The lowest BCUT2D eigenvalue weighted by Gasteiger charge is -2.21. The Bertz CT molecular complexity index is 557. The minimum Gasteiger partial charge on any atom is -0.357 e. The van der Waals surface area contributed by atoms with Crippen molar-refractivity contribution in [2.75, 3.05) is 26.2 Å². The number of hydrogen-bond acceptors (Lipinski definition) is 3. The van der Waals surface area contributed by atoms with Crippen molar-refractivity contribution in [2.45, 2.75) is 53.1 Å². The number of rotatable bonds is 10. The van der Waals surface area contributed by atoms with Crippen LogP contribution in [-0.4, -0.2) is 43.1 Å². The van der Waals surface area contributed by atoms with Crippen LogP contribution in [0.1, 0.15) is 51.7 Å². The van der Waals surface area contributed by atoms with Gasteiger partial charge in [-0.05, 0) is 64.0 Å². The fourth-order valence-corrected chi connectivity index (χ4v) is 2.70. The predicted octanol–water partition coefficient (Wildman–Crippen LogP) is 3.12. The fourth-order valence-electron chi connectivity index (χ4n) is 2.70. The predicted molar refractivity (Wildman–Crippen MR) is 106 cm³/mol. The Kier molecular flexibility index (Phi) is 10.3. The van der Waals surface area contributed by atoms with Gasteiger partial charge in [0.25, 0.3) is 0 Å². The van der Waals surface area contributed by atoms with Gasteiger partial charge in [0.05, 0.1) is 18.2 Å². The van der Waals surface area contributed by atoms with Crippen molar-refractivity contribution in [3.63, 3.8) is 0 Å². The molecular formula is C20H33N5. The molecule has 0 aliphatic rings. The lowest BCUT2D eigenvalue weighted by molar-refractivity contribution is 0.292. The Balaban J connectivity index is 2.53. The third kappa shape index (κ3) is 8.55. The summed E-state index contributed by atoms with van der Waals surface area (Å²) in [7, 11) is 0. The van der Waals surface area contributed by atoms with Gasteiger partial charge in [-0.3, -0.25) is 0 Å². The maximum Gasteiger partial charge on any atom is 0.191 e. The standard InChI is InChI=1S/C20H33N5/c1-5-22-20(23-16-19-12-8-11-18(14-19)15-21)24-17(4)10-9-13-25(6-2)7-3/h8,11-12,14,17H,5-7,9-10,13,16H2,1-4H3,(H2,22,23,24). The average molecular weight is 344 g/mol. The molecule has 1 rings (SSSR count). The van der Waals surface area contributed by atoms with Gasteiger partial charge in [0.2, 0.25) is 0 Å². The molecule has 0 fully saturated rings. The second-order valence-corrected chi connectivity index (χ2v) is 6.22. The van der Waals surface area contributed by atoms with Gasteiger partial charge in [0.1, 0.15) is 0 Å². The molecule has 0 heterocycles. The van der Waals surface area contributed by atoms with Gasteiger partial charge in [0, 0.05) is 12.6 Å². The smallest absolute Gasteiger partial charge is 0.191 e. The molecule has 0 radical (unpaired) electrons. The summed E-state index contributed by atoms with van der Waals surface area (Å²) in [5.41, 5.74) is 1.72. The molecule has 0 saturated carbocycles. The van der Waals surface area contributed by atoms with E-state index in [4.69, 9.17) is 5.26 Å². The molecule has 1 aromatic carbocycles. The fraction of sp³-hybridized carbons (Fsp3) is 0.600. The van der Waals surface area contributed by atoms with E-state index in [2.05, 4.69) is 54.3 Å². The molecular weight excluding hydrogens is 310 g/mol. The van der Waals surface area contributed by atoms with Crippen LogP contribution >= 0.6 is 0 Å². The minimum atomic E-state index is 0.374. The molecule has 1 aromatic rings. The Morgan fingerprint density at radius 1 is 1.28 bits per heavy atom. The van der Waals surface area contributed by atoms with Gasteiger partial charge in [0.15, 0.2) is 5.96 Å². The first-order chi connectivity index (χ1) is 12.1. The number of hydrogen-bond donors (Lipinski definition) is 2. The van der Waals surface area contributed by atoms with Crippen LogP contribution in [0.2, 0.25) is 0 Å². The van der Waals surface area contributed by atoms with Crippen LogP contribution in [0, 0.1) is 11.3 Å². The van der Waals surface area contributed by atoms with Crippen molar-refractivity contribution in [1.29, 1.82) is 5.26 Å². The Labute approximate surface area is 153 Å². The number of benzene rings is 1. The summed E-state index contributed by atoms with van der Waals surface area (Å²) < 4.78 is 0. The highest BCUT2D eigenvalue weighted by Crippen LogP contribution is 2.06. The van der Waals surface area contributed by atoms with Crippen LogP contribution in [0.3, 0.4) is 0 Å². The zero-order chi connectivity index (χ0) is 18.5. The van der Waals surface area contributed by atoms with Crippen molar-refractivity contribution in [1.82, 2.24) is 15.5 Å². The molecule has 0 bridgehead atoms.